The van der Waals surface area contributed by atoms with Gasteiger partial charge in [0.15, 0.2) is 0 Å². The standard InChI is InChI=1S/C30H44O12S3/c1-5-24(31)37-12-18-43-15-9-27(34)40-21-30(8-4,22-41-28(35)10-16-44-19-13-38-25(32)6-2)23-42-29(36)11-17-45-20-14-39-26(33)7-3/h5-7H,1-3,8-23H2,4H3. The molecule has 0 aliphatic rings. The molecule has 254 valence electrons. The molecule has 0 atom stereocenters. The van der Waals surface area contributed by atoms with Gasteiger partial charge in [0.05, 0.1) is 24.7 Å². The number of esters is 6. The van der Waals surface area contributed by atoms with Crippen LogP contribution in [-0.4, -0.2) is 110 Å². The molecule has 0 aliphatic carbocycles. The summed E-state index contributed by atoms with van der Waals surface area (Å²) in [5.41, 5.74) is -0.953. The SMILES string of the molecule is C=CC(=O)OCCSCCC(=O)OCC(CC)(COC(=O)CCSCCOC(=O)C=C)COC(=O)CCSCCOC(=O)C=C. The van der Waals surface area contributed by atoms with Gasteiger partial charge in [-0.1, -0.05) is 26.7 Å². The maximum absolute atomic E-state index is 12.4. The Kier molecular flexibility index (Phi) is 25.6. The highest BCUT2D eigenvalue weighted by molar-refractivity contribution is 7.99. The van der Waals surface area contributed by atoms with Crippen molar-refractivity contribution in [2.24, 2.45) is 5.41 Å². The number of hydrogen-bond acceptors (Lipinski definition) is 15. The van der Waals surface area contributed by atoms with E-state index < -0.39 is 41.2 Å². The molecule has 12 nitrogen and oxygen atoms in total. The van der Waals surface area contributed by atoms with Crippen molar-refractivity contribution in [3.05, 3.63) is 38.0 Å². The Labute approximate surface area is 277 Å². The minimum absolute atomic E-state index is 0.109. The van der Waals surface area contributed by atoms with Crippen LogP contribution in [0.25, 0.3) is 0 Å². The quantitative estimate of drug-likeness (QED) is 0.0507. The number of thioether (sulfide) groups is 3. The topological polar surface area (TPSA) is 158 Å². The molecule has 0 saturated heterocycles. The zero-order valence-corrected chi connectivity index (χ0v) is 28.2. The van der Waals surface area contributed by atoms with E-state index in [1.807, 2.05) is 6.92 Å². The van der Waals surface area contributed by atoms with Crippen molar-refractivity contribution in [3.63, 3.8) is 0 Å². The average molecular weight is 693 g/mol. The Morgan fingerprint density at radius 3 is 1.04 bits per heavy atom. The van der Waals surface area contributed by atoms with Gasteiger partial charge in [-0.2, -0.15) is 35.3 Å². The summed E-state index contributed by atoms with van der Waals surface area (Å²) >= 11 is 4.26. The van der Waals surface area contributed by atoms with Gasteiger partial charge in [0.25, 0.3) is 0 Å². The van der Waals surface area contributed by atoms with Crippen molar-refractivity contribution in [2.45, 2.75) is 32.6 Å². The van der Waals surface area contributed by atoms with Crippen molar-refractivity contribution in [2.75, 3.05) is 74.2 Å². The Balaban J connectivity index is 4.82. The molecule has 0 aliphatic heterocycles. The van der Waals surface area contributed by atoms with Crippen molar-refractivity contribution >= 4 is 71.1 Å². The van der Waals surface area contributed by atoms with Crippen LogP contribution < -0.4 is 0 Å². The van der Waals surface area contributed by atoms with Crippen molar-refractivity contribution in [1.29, 1.82) is 0 Å². The van der Waals surface area contributed by atoms with Crippen LogP contribution in [0.15, 0.2) is 38.0 Å². The third kappa shape index (κ3) is 24.1. The molecule has 0 unspecified atom stereocenters. The highest BCUT2D eigenvalue weighted by Crippen LogP contribution is 2.25. The van der Waals surface area contributed by atoms with Crippen molar-refractivity contribution < 1.29 is 57.2 Å². The van der Waals surface area contributed by atoms with Crippen LogP contribution in [0.3, 0.4) is 0 Å². The summed E-state index contributed by atoms with van der Waals surface area (Å²) in [6, 6.07) is 0. The molecule has 0 spiro atoms. The van der Waals surface area contributed by atoms with E-state index in [4.69, 9.17) is 28.4 Å². The lowest BCUT2D eigenvalue weighted by atomic mass is 9.88. The van der Waals surface area contributed by atoms with Gasteiger partial charge in [-0.25, -0.2) is 14.4 Å². The molecule has 0 amide bonds. The Morgan fingerprint density at radius 2 is 0.800 bits per heavy atom. The second kappa shape index (κ2) is 27.4. The van der Waals surface area contributed by atoms with Gasteiger partial charge in [-0.15, -0.1) is 0 Å². The van der Waals surface area contributed by atoms with E-state index in [1.54, 1.807) is 0 Å². The Hall–Kier alpha value is -2.91. The summed E-state index contributed by atoms with van der Waals surface area (Å²) in [7, 11) is 0. The van der Waals surface area contributed by atoms with Crippen LogP contribution in [0.4, 0.5) is 0 Å². The first-order valence-electron chi connectivity index (χ1n) is 14.2. The molecule has 15 heteroatoms. The van der Waals surface area contributed by atoms with Crippen LogP contribution in [0.1, 0.15) is 32.6 Å². The van der Waals surface area contributed by atoms with Crippen molar-refractivity contribution in [1.82, 2.24) is 0 Å². The van der Waals surface area contributed by atoms with E-state index in [0.29, 0.717) is 40.9 Å². The average Bonchev–Trinajstić information content (AvgIpc) is 3.05. The maximum atomic E-state index is 12.4. The van der Waals surface area contributed by atoms with Gasteiger partial charge in [0, 0.05) is 52.7 Å². The van der Waals surface area contributed by atoms with Crippen LogP contribution in [-0.2, 0) is 57.2 Å². The predicted molar refractivity (Wildman–Crippen MR) is 175 cm³/mol. The molecule has 0 heterocycles. The van der Waals surface area contributed by atoms with Gasteiger partial charge in [0.1, 0.15) is 39.6 Å². The summed E-state index contributed by atoms with van der Waals surface area (Å²) < 4.78 is 31.1. The first-order chi connectivity index (χ1) is 21.6. The van der Waals surface area contributed by atoms with Gasteiger partial charge in [-0.05, 0) is 6.42 Å². The molecular weight excluding hydrogens is 649 g/mol. The molecule has 0 radical (unpaired) electrons. The highest BCUT2D eigenvalue weighted by atomic mass is 32.2. The van der Waals surface area contributed by atoms with Gasteiger partial charge < -0.3 is 28.4 Å². The fraction of sp³-hybridized carbons (Fsp3) is 0.600. The van der Waals surface area contributed by atoms with E-state index >= 15 is 0 Å². The largest absolute Gasteiger partial charge is 0.465 e. The molecule has 0 saturated carbocycles. The van der Waals surface area contributed by atoms with E-state index in [2.05, 4.69) is 19.7 Å². The van der Waals surface area contributed by atoms with E-state index in [9.17, 15) is 28.8 Å². The smallest absolute Gasteiger partial charge is 0.330 e. The normalized spacial score (nSPS) is 10.6. The monoisotopic (exact) mass is 692 g/mol. The first-order valence-corrected chi connectivity index (χ1v) is 17.7. The predicted octanol–water partition coefficient (Wildman–Crippen LogP) is 3.57. The third-order valence-corrected chi connectivity index (χ3v) is 8.48. The summed E-state index contributed by atoms with van der Waals surface area (Å²) in [4.78, 5) is 70.5. The molecule has 0 bridgehead atoms. The lowest BCUT2D eigenvalue weighted by Crippen LogP contribution is -2.39. The third-order valence-electron chi connectivity index (χ3n) is 5.64. The summed E-state index contributed by atoms with van der Waals surface area (Å²) in [6.45, 7) is 12.0. The molecular formula is C30H44O12S3. The van der Waals surface area contributed by atoms with E-state index in [0.717, 1.165) is 18.2 Å². The van der Waals surface area contributed by atoms with Gasteiger partial charge in [-0.3, -0.25) is 14.4 Å². The molecule has 45 heavy (non-hydrogen) atoms. The summed E-state index contributed by atoms with van der Waals surface area (Å²) in [5, 5.41) is 0. The zero-order chi connectivity index (χ0) is 33.8. The maximum Gasteiger partial charge on any atom is 0.330 e. The van der Waals surface area contributed by atoms with Crippen LogP contribution in [0.5, 0.6) is 0 Å². The molecule has 0 fully saturated rings. The molecule has 0 aromatic heterocycles. The number of carbonyl (C=O) groups excluding carboxylic acids is 6. The van der Waals surface area contributed by atoms with E-state index in [1.165, 1.54) is 35.3 Å². The number of hydrogen-bond donors (Lipinski definition) is 0. The van der Waals surface area contributed by atoms with Gasteiger partial charge in [0.2, 0.25) is 0 Å². The van der Waals surface area contributed by atoms with E-state index in [-0.39, 0.29) is 58.9 Å². The second-order valence-electron chi connectivity index (χ2n) is 9.04. The summed E-state index contributed by atoms with van der Waals surface area (Å²) in [5.74, 6) is -0.0764. The van der Waals surface area contributed by atoms with Crippen LogP contribution >= 0.6 is 35.3 Å². The molecule has 0 N–H and O–H groups in total. The van der Waals surface area contributed by atoms with Crippen molar-refractivity contribution in [3.8, 4) is 0 Å². The molecule has 0 aromatic rings. The highest BCUT2D eigenvalue weighted by Gasteiger charge is 2.34. The fourth-order valence-corrected chi connectivity index (χ4v) is 5.05. The lowest BCUT2D eigenvalue weighted by Gasteiger charge is -2.31. The van der Waals surface area contributed by atoms with Crippen LogP contribution in [0.2, 0.25) is 0 Å². The van der Waals surface area contributed by atoms with Gasteiger partial charge >= 0.3 is 35.8 Å². The van der Waals surface area contributed by atoms with Crippen LogP contribution in [0, 0.1) is 5.41 Å². The molecule has 0 rings (SSSR count). The number of rotatable bonds is 28. The minimum atomic E-state index is -0.953. The summed E-state index contributed by atoms with van der Waals surface area (Å²) in [6.07, 6.45) is 3.94. The zero-order valence-electron chi connectivity index (χ0n) is 25.8. The fourth-order valence-electron chi connectivity index (χ4n) is 2.90. The Bertz CT molecular complexity index is 853. The Morgan fingerprint density at radius 1 is 0.511 bits per heavy atom. The second-order valence-corrected chi connectivity index (χ2v) is 12.7. The first kappa shape index (κ1) is 42.1. The minimum Gasteiger partial charge on any atom is -0.465 e. The number of ether oxygens (including phenoxy) is 6. The molecule has 0 aromatic carbocycles. The number of carbonyl (C=O) groups is 6. The lowest BCUT2D eigenvalue weighted by molar-refractivity contribution is -0.162.